The van der Waals surface area contributed by atoms with E-state index >= 15 is 0 Å². The number of carboxylic acid groups (broad SMARTS) is 1. The Kier molecular flexibility index (Phi) is 3.69. The van der Waals surface area contributed by atoms with Gasteiger partial charge in [0.1, 0.15) is 19.0 Å². The third-order valence-corrected chi connectivity index (χ3v) is 3.02. The van der Waals surface area contributed by atoms with E-state index in [-0.39, 0.29) is 12.3 Å². The van der Waals surface area contributed by atoms with Crippen LogP contribution >= 0.6 is 0 Å². The van der Waals surface area contributed by atoms with Gasteiger partial charge in [-0.25, -0.2) is 4.39 Å². The molecular formula is C13H15FO4. The molecule has 0 saturated carbocycles. The highest BCUT2D eigenvalue weighted by molar-refractivity contribution is 5.68. The SMILES string of the molecule is CCC(CC(=O)O)c1cc2c(cc1F)OCCO2. The monoisotopic (exact) mass is 254 g/mol. The van der Waals surface area contributed by atoms with Gasteiger partial charge in [-0.05, 0) is 24.0 Å². The number of rotatable bonds is 4. The second-order valence-corrected chi connectivity index (χ2v) is 4.22. The zero-order valence-corrected chi connectivity index (χ0v) is 10.1. The largest absolute Gasteiger partial charge is 0.486 e. The van der Waals surface area contributed by atoms with Gasteiger partial charge in [0.2, 0.25) is 0 Å². The lowest BCUT2D eigenvalue weighted by molar-refractivity contribution is -0.137. The summed E-state index contributed by atoms with van der Waals surface area (Å²) in [5.41, 5.74) is 0.379. The van der Waals surface area contributed by atoms with Crippen molar-refractivity contribution >= 4 is 5.97 Å². The van der Waals surface area contributed by atoms with E-state index in [1.54, 1.807) is 6.07 Å². The second kappa shape index (κ2) is 5.25. The van der Waals surface area contributed by atoms with Crippen molar-refractivity contribution in [1.82, 2.24) is 0 Å². The number of aliphatic carboxylic acids is 1. The van der Waals surface area contributed by atoms with E-state index in [9.17, 15) is 9.18 Å². The summed E-state index contributed by atoms with van der Waals surface area (Å²) in [6.07, 6.45) is 0.468. The van der Waals surface area contributed by atoms with Crippen LogP contribution in [0.4, 0.5) is 4.39 Å². The van der Waals surface area contributed by atoms with E-state index < -0.39 is 11.8 Å². The van der Waals surface area contributed by atoms with Gasteiger partial charge in [0.15, 0.2) is 11.5 Å². The third-order valence-electron chi connectivity index (χ3n) is 3.02. The van der Waals surface area contributed by atoms with Crippen LogP contribution in [0.15, 0.2) is 12.1 Å². The first-order chi connectivity index (χ1) is 8.61. The molecule has 0 aromatic heterocycles. The van der Waals surface area contributed by atoms with E-state index in [2.05, 4.69) is 0 Å². The fourth-order valence-electron chi connectivity index (χ4n) is 2.08. The Morgan fingerprint density at radius 1 is 1.39 bits per heavy atom. The number of hydrogen-bond donors (Lipinski definition) is 1. The van der Waals surface area contributed by atoms with Crippen molar-refractivity contribution < 1.29 is 23.8 Å². The molecule has 1 heterocycles. The van der Waals surface area contributed by atoms with Crippen molar-refractivity contribution in [2.24, 2.45) is 0 Å². The van der Waals surface area contributed by atoms with Crippen LogP contribution in [-0.4, -0.2) is 24.3 Å². The summed E-state index contributed by atoms with van der Waals surface area (Å²) in [6, 6.07) is 2.83. The smallest absolute Gasteiger partial charge is 0.303 e. The van der Waals surface area contributed by atoms with Crippen LogP contribution in [0.1, 0.15) is 31.2 Å². The van der Waals surface area contributed by atoms with Gasteiger partial charge in [0.05, 0.1) is 6.42 Å². The summed E-state index contributed by atoms with van der Waals surface area (Å²) < 4.78 is 24.6. The van der Waals surface area contributed by atoms with Crippen molar-refractivity contribution in [3.8, 4) is 11.5 Å². The van der Waals surface area contributed by atoms with Crippen LogP contribution in [0.5, 0.6) is 11.5 Å². The Hall–Kier alpha value is -1.78. The number of benzene rings is 1. The molecule has 0 amide bonds. The van der Waals surface area contributed by atoms with Gasteiger partial charge < -0.3 is 14.6 Å². The van der Waals surface area contributed by atoms with Gasteiger partial charge in [0, 0.05) is 6.07 Å². The highest BCUT2D eigenvalue weighted by atomic mass is 19.1. The lowest BCUT2D eigenvalue weighted by Gasteiger charge is -2.21. The topological polar surface area (TPSA) is 55.8 Å². The molecule has 98 valence electrons. The lowest BCUT2D eigenvalue weighted by atomic mass is 9.92. The standard InChI is InChI=1S/C13H15FO4/c1-2-8(5-13(15)16)9-6-11-12(7-10(9)14)18-4-3-17-11/h6-8H,2-5H2,1H3,(H,15,16). The molecule has 0 spiro atoms. The molecule has 1 unspecified atom stereocenters. The van der Waals surface area contributed by atoms with Crippen molar-refractivity contribution in [2.75, 3.05) is 13.2 Å². The fraction of sp³-hybridized carbons (Fsp3) is 0.462. The van der Waals surface area contributed by atoms with E-state index in [0.717, 1.165) is 0 Å². The maximum Gasteiger partial charge on any atom is 0.303 e. The average molecular weight is 254 g/mol. The molecule has 0 saturated heterocycles. The molecule has 1 N–H and O–H groups in total. The van der Waals surface area contributed by atoms with E-state index in [4.69, 9.17) is 14.6 Å². The third kappa shape index (κ3) is 2.55. The van der Waals surface area contributed by atoms with Crippen molar-refractivity contribution in [2.45, 2.75) is 25.7 Å². The Morgan fingerprint density at radius 2 is 2.00 bits per heavy atom. The van der Waals surface area contributed by atoms with Crippen LogP contribution in [-0.2, 0) is 4.79 Å². The molecule has 5 heteroatoms. The Balaban J connectivity index is 2.34. The number of halogens is 1. The molecule has 2 rings (SSSR count). The van der Waals surface area contributed by atoms with Gasteiger partial charge in [-0.15, -0.1) is 0 Å². The van der Waals surface area contributed by atoms with Crippen LogP contribution in [0, 0.1) is 5.82 Å². The number of carboxylic acids is 1. The molecule has 1 aliphatic heterocycles. The average Bonchev–Trinajstić information content (AvgIpc) is 2.35. The van der Waals surface area contributed by atoms with E-state index in [1.165, 1.54) is 6.07 Å². The molecule has 4 nitrogen and oxygen atoms in total. The molecule has 0 radical (unpaired) electrons. The maximum atomic E-state index is 13.9. The van der Waals surface area contributed by atoms with Crippen LogP contribution in [0.2, 0.25) is 0 Å². The number of fused-ring (bicyclic) bond motifs is 1. The molecule has 1 aromatic carbocycles. The fourth-order valence-corrected chi connectivity index (χ4v) is 2.08. The molecule has 0 bridgehead atoms. The molecule has 1 aliphatic rings. The molecule has 0 aliphatic carbocycles. The van der Waals surface area contributed by atoms with Crippen molar-refractivity contribution in [1.29, 1.82) is 0 Å². The number of carbonyl (C=O) groups is 1. The highest BCUT2D eigenvalue weighted by Gasteiger charge is 2.22. The molecular weight excluding hydrogens is 239 g/mol. The first-order valence-corrected chi connectivity index (χ1v) is 5.92. The molecule has 1 atom stereocenters. The normalized spacial score (nSPS) is 15.2. The van der Waals surface area contributed by atoms with Crippen LogP contribution in [0.3, 0.4) is 0 Å². The first kappa shape index (κ1) is 12.7. The Bertz CT molecular complexity index is 459. The quantitative estimate of drug-likeness (QED) is 0.897. The summed E-state index contributed by atoms with van der Waals surface area (Å²) in [7, 11) is 0. The first-order valence-electron chi connectivity index (χ1n) is 5.92. The number of ether oxygens (including phenoxy) is 2. The minimum atomic E-state index is -0.934. The highest BCUT2D eigenvalue weighted by Crippen LogP contribution is 2.37. The van der Waals surface area contributed by atoms with E-state index in [1.807, 2.05) is 6.92 Å². The zero-order chi connectivity index (χ0) is 13.1. The zero-order valence-electron chi connectivity index (χ0n) is 10.1. The summed E-state index contributed by atoms with van der Waals surface area (Å²) in [5.74, 6) is -0.851. The van der Waals surface area contributed by atoms with Gasteiger partial charge in [0.25, 0.3) is 0 Å². The molecule has 18 heavy (non-hydrogen) atoms. The summed E-state index contributed by atoms with van der Waals surface area (Å²) in [6.45, 7) is 2.66. The van der Waals surface area contributed by atoms with Gasteiger partial charge in [-0.3, -0.25) is 4.79 Å². The minimum Gasteiger partial charge on any atom is -0.486 e. The Labute approximate surface area is 104 Å². The lowest BCUT2D eigenvalue weighted by Crippen LogP contribution is -2.16. The van der Waals surface area contributed by atoms with Crippen LogP contribution < -0.4 is 9.47 Å². The minimum absolute atomic E-state index is 0.0902. The summed E-state index contributed by atoms with van der Waals surface area (Å²) in [5, 5.41) is 8.83. The van der Waals surface area contributed by atoms with Gasteiger partial charge in [-0.2, -0.15) is 0 Å². The Morgan fingerprint density at radius 3 is 2.56 bits per heavy atom. The molecule has 1 aromatic rings. The van der Waals surface area contributed by atoms with Crippen molar-refractivity contribution in [3.05, 3.63) is 23.5 Å². The number of hydrogen-bond acceptors (Lipinski definition) is 3. The predicted molar refractivity (Wildman–Crippen MR) is 62.7 cm³/mol. The van der Waals surface area contributed by atoms with E-state index in [0.29, 0.717) is 36.7 Å². The maximum absolute atomic E-state index is 13.9. The molecule has 0 fully saturated rings. The van der Waals surface area contributed by atoms with Crippen LogP contribution in [0.25, 0.3) is 0 Å². The summed E-state index contributed by atoms with van der Waals surface area (Å²) >= 11 is 0. The van der Waals surface area contributed by atoms with Crippen molar-refractivity contribution in [3.63, 3.8) is 0 Å². The summed E-state index contributed by atoms with van der Waals surface area (Å²) in [4.78, 5) is 10.8. The van der Waals surface area contributed by atoms with Gasteiger partial charge in [-0.1, -0.05) is 6.92 Å². The van der Waals surface area contributed by atoms with Gasteiger partial charge >= 0.3 is 5.97 Å². The predicted octanol–water partition coefficient (Wildman–Crippen LogP) is 2.57. The second-order valence-electron chi connectivity index (χ2n) is 4.22.